The average Bonchev–Trinajstić information content (AvgIpc) is 2.36. The predicted molar refractivity (Wildman–Crippen MR) is 80.1 cm³/mol. The van der Waals surface area contributed by atoms with Crippen molar-refractivity contribution < 1.29 is 9.90 Å². The Balaban J connectivity index is 2.62. The van der Waals surface area contributed by atoms with Crippen LogP contribution >= 0.6 is 15.9 Å². The monoisotopic (exact) mass is 328 g/mol. The topological polar surface area (TPSA) is 43.8 Å². The maximum absolute atomic E-state index is 12.0. The number of carbonyl (C=O) groups excluding carboxylic acids is 1. The van der Waals surface area contributed by atoms with E-state index in [0.29, 0.717) is 17.6 Å². The third-order valence-corrected chi connectivity index (χ3v) is 3.67. The van der Waals surface area contributed by atoms with Crippen molar-refractivity contribution >= 4 is 21.8 Å². The highest BCUT2D eigenvalue weighted by Gasteiger charge is 2.14. The maximum Gasteiger partial charge on any atom is 0.236 e. The van der Waals surface area contributed by atoms with Gasteiger partial charge in [0, 0.05) is 25.2 Å². The molecule has 0 aromatic heterocycles. The Labute approximate surface area is 123 Å². The third kappa shape index (κ3) is 4.51. The minimum absolute atomic E-state index is 0.113. The molecule has 19 heavy (non-hydrogen) atoms. The summed E-state index contributed by atoms with van der Waals surface area (Å²) < 4.78 is 0.675. The molecule has 0 aliphatic carbocycles. The zero-order chi connectivity index (χ0) is 14.4. The predicted octanol–water partition coefficient (Wildman–Crippen LogP) is 2.45. The van der Waals surface area contributed by atoms with E-state index in [0.717, 1.165) is 18.7 Å². The quantitative estimate of drug-likeness (QED) is 0.872. The summed E-state index contributed by atoms with van der Waals surface area (Å²) in [6.45, 7) is 6.30. The van der Waals surface area contributed by atoms with E-state index < -0.39 is 0 Å². The van der Waals surface area contributed by atoms with Crippen LogP contribution in [-0.4, -0.2) is 47.5 Å². The van der Waals surface area contributed by atoms with Crippen LogP contribution in [0.25, 0.3) is 0 Å². The minimum Gasteiger partial charge on any atom is -0.506 e. The molecule has 0 saturated heterocycles. The number of nitrogens with zero attached hydrogens (tertiary/aromatic N) is 2. The van der Waals surface area contributed by atoms with Crippen molar-refractivity contribution in [2.75, 3.05) is 26.7 Å². The molecule has 0 bridgehead atoms. The van der Waals surface area contributed by atoms with Gasteiger partial charge in [0.1, 0.15) is 5.75 Å². The molecule has 0 unspecified atom stereocenters. The van der Waals surface area contributed by atoms with E-state index in [1.54, 1.807) is 11.0 Å². The van der Waals surface area contributed by atoms with E-state index in [2.05, 4.69) is 15.9 Å². The van der Waals surface area contributed by atoms with Gasteiger partial charge < -0.3 is 10.0 Å². The molecule has 0 radical (unpaired) electrons. The first kappa shape index (κ1) is 16.0. The highest BCUT2D eigenvalue weighted by molar-refractivity contribution is 9.10. The van der Waals surface area contributed by atoms with Crippen molar-refractivity contribution in [3.8, 4) is 5.75 Å². The molecule has 1 N–H and O–H groups in total. The van der Waals surface area contributed by atoms with E-state index in [1.165, 1.54) is 0 Å². The molecule has 0 aliphatic heterocycles. The van der Waals surface area contributed by atoms with Gasteiger partial charge in [-0.05, 0) is 42.9 Å². The van der Waals surface area contributed by atoms with Crippen LogP contribution in [0.3, 0.4) is 0 Å². The number of aromatic hydroxyl groups is 1. The molecule has 1 amide bonds. The van der Waals surface area contributed by atoms with Gasteiger partial charge in [-0.2, -0.15) is 0 Å². The molecule has 1 aromatic rings. The van der Waals surface area contributed by atoms with Gasteiger partial charge in [-0.25, -0.2) is 0 Å². The van der Waals surface area contributed by atoms with E-state index in [1.807, 2.05) is 37.9 Å². The Morgan fingerprint density at radius 2 is 1.95 bits per heavy atom. The minimum atomic E-state index is 0.113. The molecule has 1 rings (SSSR count). The Morgan fingerprint density at radius 1 is 1.32 bits per heavy atom. The summed E-state index contributed by atoms with van der Waals surface area (Å²) in [5, 5.41) is 9.91. The summed E-state index contributed by atoms with van der Waals surface area (Å²) in [4.78, 5) is 15.7. The molecule has 0 saturated carbocycles. The van der Waals surface area contributed by atoms with Gasteiger partial charge in [0.25, 0.3) is 0 Å². The molecule has 0 fully saturated rings. The van der Waals surface area contributed by atoms with Gasteiger partial charge in [0.15, 0.2) is 0 Å². The Kier molecular flexibility index (Phi) is 6.31. The van der Waals surface area contributed by atoms with Crippen LogP contribution in [0, 0.1) is 0 Å². The summed E-state index contributed by atoms with van der Waals surface area (Å²) in [7, 11) is 1.88. The highest BCUT2D eigenvalue weighted by Crippen LogP contribution is 2.28. The van der Waals surface area contributed by atoms with Crippen molar-refractivity contribution in [2.24, 2.45) is 0 Å². The number of rotatable bonds is 6. The van der Waals surface area contributed by atoms with Crippen LogP contribution in [0.2, 0.25) is 0 Å². The molecule has 0 aliphatic rings. The largest absolute Gasteiger partial charge is 0.506 e. The van der Waals surface area contributed by atoms with Crippen molar-refractivity contribution in [2.45, 2.75) is 20.4 Å². The molecule has 4 nitrogen and oxygen atoms in total. The SMILES string of the molecule is CCN(CC)C(=O)CN(C)Cc1cccc(Br)c1O. The van der Waals surface area contributed by atoms with E-state index in [4.69, 9.17) is 0 Å². The lowest BCUT2D eigenvalue weighted by atomic mass is 10.2. The number of amides is 1. The van der Waals surface area contributed by atoms with Crippen LogP contribution in [0.1, 0.15) is 19.4 Å². The summed E-state index contributed by atoms with van der Waals surface area (Å²) in [5.74, 6) is 0.353. The fourth-order valence-electron chi connectivity index (χ4n) is 1.94. The van der Waals surface area contributed by atoms with Crippen LogP contribution in [0.5, 0.6) is 5.75 Å². The number of hydrogen-bond acceptors (Lipinski definition) is 3. The van der Waals surface area contributed by atoms with E-state index in [-0.39, 0.29) is 11.7 Å². The molecule has 106 valence electrons. The lowest BCUT2D eigenvalue weighted by molar-refractivity contribution is -0.131. The number of benzene rings is 1. The first-order chi connectivity index (χ1) is 8.99. The first-order valence-corrected chi connectivity index (χ1v) is 7.21. The first-order valence-electron chi connectivity index (χ1n) is 6.42. The van der Waals surface area contributed by atoms with Crippen molar-refractivity contribution in [3.05, 3.63) is 28.2 Å². The Hall–Kier alpha value is -1.07. The number of likely N-dealkylation sites (N-methyl/N-ethyl adjacent to an activating group) is 2. The summed E-state index contributed by atoms with van der Waals surface area (Å²) in [6.07, 6.45) is 0. The molecule has 0 atom stereocenters. The molecule has 0 heterocycles. The second kappa shape index (κ2) is 7.50. The number of carbonyl (C=O) groups is 1. The number of halogens is 1. The molecular formula is C14H21BrN2O2. The van der Waals surface area contributed by atoms with Gasteiger partial charge in [-0.1, -0.05) is 12.1 Å². The van der Waals surface area contributed by atoms with Crippen LogP contribution in [-0.2, 0) is 11.3 Å². The van der Waals surface area contributed by atoms with Gasteiger partial charge in [0.05, 0.1) is 11.0 Å². The van der Waals surface area contributed by atoms with E-state index >= 15 is 0 Å². The average molecular weight is 329 g/mol. The van der Waals surface area contributed by atoms with Crippen LogP contribution in [0.4, 0.5) is 0 Å². The maximum atomic E-state index is 12.0. The summed E-state index contributed by atoms with van der Waals surface area (Å²) in [5.41, 5.74) is 0.809. The summed E-state index contributed by atoms with van der Waals surface area (Å²) in [6, 6.07) is 5.53. The van der Waals surface area contributed by atoms with Gasteiger partial charge in [-0.15, -0.1) is 0 Å². The molecule has 0 spiro atoms. The standard InChI is InChI=1S/C14H21BrN2O2/c1-4-17(5-2)13(18)10-16(3)9-11-7-6-8-12(15)14(11)19/h6-8,19H,4-5,9-10H2,1-3H3. The fourth-order valence-corrected chi connectivity index (χ4v) is 2.35. The van der Waals surface area contributed by atoms with Crippen molar-refractivity contribution in [3.63, 3.8) is 0 Å². The van der Waals surface area contributed by atoms with Gasteiger partial charge in [0.2, 0.25) is 5.91 Å². The normalized spacial score (nSPS) is 10.8. The lowest BCUT2D eigenvalue weighted by Crippen LogP contribution is -2.38. The second-order valence-corrected chi connectivity index (χ2v) is 5.34. The molecule has 5 heteroatoms. The zero-order valence-electron chi connectivity index (χ0n) is 11.7. The Morgan fingerprint density at radius 3 is 2.53 bits per heavy atom. The van der Waals surface area contributed by atoms with Crippen molar-refractivity contribution in [1.82, 2.24) is 9.80 Å². The smallest absolute Gasteiger partial charge is 0.236 e. The van der Waals surface area contributed by atoms with Gasteiger partial charge >= 0.3 is 0 Å². The van der Waals surface area contributed by atoms with Crippen molar-refractivity contribution in [1.29, 1.82) is 0 Å². The zero-order valence-corrected chi connectivity index (χ0v) is 13.3. The van der Waals surface area contributed by atoms with Crippen LogP contribution < -0.4 is 0 Å². The highest BCUT2D eigenvalue weighted by atomic mass is 79.9. The number of hydrogen-bond donors (Lipinski definition) is 1. The third-order valence-electron chi connectivity index (χ3n) is 3.03. The molecular weight excluding hydrogens is 308 g/mol. The number of phenols is 1. The Bertz CT molecular complexity index is 433. The lowest BCUT2D eigenvalue weighted by Gasteiger charge is -2.23. The molecule has 1 aromatic carbocycles. The fraction of sp³-hybridized carbons (Fsp3) is 0.500. The van der Waals surface area contributed by atoms with E-state index in [9.17, 15) is 9.90 Å². The second-order valence-electron chi connectivity index (χ2n) is 4.49. The van der Waals surface area contributed by atoms with Crippen LogP contribution in [0.15, 0.2) is 22.7 Å². The number of phenolic OH excluding ortho intramolecular Hbond substituents is 1. The number of para-hydroxylation sites is 1. The summed E-state index contributed by atoms with van der Waals surface area (Å²) >= 11 is 3.29. The van der Waals surface area contributed by atoms with Gasteiger partial charge in [-0.3, -0.25) is 9.69 Å².